The van der Waals surface area contributed by atoms with E-state index < -0.39 is 0 Å². The van der Waals surface area contributed by atoms with Crippen LogP contribution in [0.25, 0.3) is 0 Å². The molecule has 2 atom stereocenters. The summed E-state index contributed by atoms with van der Waals surface area (Å²) in [5.74, 6) is 0.548. The van der Waals surface area contributed by atoms with Crippen molar-refractivity contribution in [2.75, 3.05) is 26.3 Å². The fourth-order valence-electron chi connectivity index (χ4n) is 3.12. The van der Waals surface area contributed by atoms with Crippen molar-refractivity contribution in [1.82, 2.24) is 4.90 Å². The minimum absolute atomic E-state index is 0.0616. The summed E-state index contributed by atoms with van der Waals surface area (Å²) in [7, 11) is 0. The zero-order valence-corrected chi connectivity index (χ0v) is 11.3. The van der Waals surface area contributed by atoms with Gasteiger partial charge in [-0.3, -0.25) is 4.90 Å². The van der Waals surface area contributed by atoms with Crippen LogP contribution in [0.2, 0.25) is 0 Å². The average Bonchev–Trinajstić information content (AvgIpc) is 2.59. The third-order valence-electron chi connectivity index (χ3n) is 3.95. The van der Waals surface area contributed by atoms with Gasteiger partial charge in [0.05, 0.1) is 13.2 Å². The minimum atomic E-state index is -0.223. The van der Waals surface area contributed by atoms with Crippen LogP contribution in [0.15, 0.2) is 18.2 Å². The minimum Gasteiger partial charge on any atom is -0.493 e. The highest BCUT2D eigenvalue weighted by Crippen LogP contribution is 2.38. The number of benzene rings is 1. The highest BCUT2D eigenvalue weighted by Gasteiger charge is 2.36. The highest BCUT2D eigenvalue weighted by atomic mass is 19.1. The van der Waals surface area contributed by atoms with Crippen molar-refractivity contribution in [2.24, 2.45) is 0 Å². The predicted octanol–water partition coefficient (Wildman–Crippen LogP) is 2.76. The molecule has 0 saturated carbocycles. The van der Waals surface area contributed by atoms with E-state index in [0.717, 1.165) is 37.2 Å². The van der Waals surface area contributed by atoms with Gasteiger partial charge >= 0.3 is 0 Å². The van der Waals surface area contributed by atoms with Crippen LogP contribution in [-0.4, -0.2) is 37.2 Å². The maximum absolute atomic E-state index is 13.5. The molecule has 0 bridgehead atoms. The van der Waals surface area contributed by atoms with Crippen molar-refractivity contribution in [1.29, 1.82) is 0 Å². The highest BCUT2D eigenvalue weighted by molar-refractivity contribution is 5.37. The molecule has 19 heavy (non-hydrogen) atoms. The molecule has 0 N–H and O–H groups in total. The molecule has 1 aromatic rings. The lowest BCUT2D eigenvalue weighted by Crippen LogP contribution is -2.47. The predicted molar refractivity (Wildman–Crippen MR) is 70.9 cm³/mol. The van der Waals surface area contributed by atoms with Gasteiger partial charge in [-0.05, 0) is 37.6 Å². The molecule has 3 rings (SSSR count). The number of hydrogen-bond acceptors (Lipinski definition) is 3. The lowest BCUT2D eigenvalue weighted by atomic mass is 9.97. The largest absolute Gasteiger partial charge is 0.493 e. The Hall–Kier alpha value is -1.13. The van der Waals surface area contributed by atoms with Gasteiger partial charge in [-0.25, -0.2) is 4.39 Å². The van der Waals surface area contributed by atoms with Crippen molar-refractivity contribution in [3.63, 3.8) is 0 Å². The Labute approximate surface area is 113 Å². The molecule has 3 nitrogen and oxygen atoms in total. The lowest BCUT2D eigenvalue weighted by molar-refractivity contribution is -0.0742. The smallest absolute Gasteiger partial charge is 0.125 e. The van der Waals surface area contributed by atoms with Gasteiger partial charge in [-0.15, -0.1) is 0 Å². The van der Waals surface area contributed by atoms with Crippen LogP contribution in [0.3, 0.4) is 0 Å². The molecule has 2 heterocycles. The molecule has 2 aliphatic heterocycles. The molecule has 4 heteroatoms. The van der Waals surface area contributed by atoms with Crippen molar-refractivity contribution in [3.05, 3.63) is 29.6 Å². The zero-order chi connectivity index (χ0) is 13.2. The lowest BCUT2D eigenvalue weighted by Gasteiger charge is -2.40. The summed E-state index contributed by atoms with van der Waals surface area (Å²) in [5, 5.41) is 0. The van der Waals surface area contributed by atoms with Crippen LogP contribution in [-0.2, 0) is 4.74 Å². The Bertz CT molecular complexity index is 450. The Morgan fingerprint density at radius 3 is 3.11 bits per heavy atom. The maximum atomic E-state index is 13.5. The van der Waals surface area contributed by atoms with Gasteiger partial charge in [0.25, 0.3) is 0 Å². The first kappa shape index (κ1) is 12.9. The van der Waals surface area contributed by atoms with E-state index in [4.69, 9.17) is 9.47 Å². The van der Waals surface area contributed by atoms with E-state index in [9.17, 15) is 4.39 Å². The summed E-state index contributed by atoms with van der Waals surface area (Å²) in [6, 6.07) is 5.03. The van der Waals surface area contributed by atoms with Gasteiger partial charge in [0.1, 0.15) is 17.7 Å². The number of morpholine rings is 1. The molecule has 0 radical (unpaired) electrons. The third-order valence-corrected chi connectivity index (χ3v) is 3.95. The number of fused-ring (bicyclic) bond motifs is 3. The molecule has 104 valence electrons. The number of hydrogen-bond donors (Lipinski definition) is 0. The van der Waals surface area contributed by atoms with E-state index in [-0.39, 0.29) is 11.9 Å². The summed E-state index contributed by atoms with van der Waals surface area (Å²) in [6.45, 7) is 5.58. The van der Waals surface area contributed by atoms with Crippen LogP contribution in [0.5, 0.6) is 5.75 Å². The molecular formula is C15H20FNO2. The van der Waals surface area contributed by atoms with E-state index in [1.54, 1.807) is 12.1 Å². The van der Waals surface area contributed by atoms with Crippen molar-refractivity contribution >= 4 is 0 Å². The first-order valence-electron chi connectivity index (χ1n) is 7.07. The van der Waals surface area contributed by atoms with Gasteiger partial charge in [0.15, 0.2) is 0 Å². The molecule has 1 aromatic carbocycles. The summed E-state index contributed by atoms with van der Waals surface area (Å²) in [4.78, 5) is 2.46. The van der Waals surface area contributed by atoms with Crippen LogP contribution < -0.4 is 4.74 Å². The Morgan fingerprint density at radius 2 is 2.26 bits per heavy atom. The molecule has 0 spiro atoms. The quantitative estimate of drug-likeness (QED) is 0.820. The number of halogens is 1. The summed E-state index contributed by atoms with van der Waals surface area (Å²) in [5.41, 5.74) is 0.864. The molecule has 2 aliphatic rings. The maximum Gasteiger partial charge on any atom is 0.125 e. The van der Waals surface area contributed by atoms with Gasteiger partial charge in [-0.2, -0.15) is 0 Å². The molecule has 0 aliphatic carbocycles. The second-order valence-electron chi connectivity index (χ2n) is 5.21. The fourth-order valence-corrected chi connectivity index (χ4v) is 3.12. The zero-order valence-electron chi connectivity index (χ0n) is 11.3. The Morgan fingerprint density at radius 1 is 1.37 bits per heavy atom. The molecule has 0 amide bonds. The second-order valence-corrected chi connectivity index (χ2v) is 5.21. The topological polar surface area (TPSA) is 21.7 Å². The number of nitrogens with zero attached hydrogens (tertiary/aromatic N) is 1. The SMILES string of the molecule is CCCN1CCO[C@H]2c3cc(F)ccc3OCC[C@@H]21. The first-order valence-corrected chi connectivity index (χ1v) is 7.07. The average molecular weight is 265 g/mol. The monoisotopic (exact) mass is 265 g/mol. The van der Waals surface area contributed by atoms with Crippen LogP contribution in [0.4, 0.5) is 4.39 Å². The van der Waals surface area contributed by atoms with E-state index in [1.807, 2.05) is 0 Å². The van der Waals surface area contributed by atoms with Crippen molar-refractivity contribution < 1.29 is 13.9 Å². The number of ether oxygens (including phenoxy) is 2. The fraction of sp³-hybridized carbons (Fsp3) is 0.600. The molecule has 1 fully saturated rings. The van der Waals surface area contributed by atoms with Gasteiger partial charge in [0.2, 0.25) is 0 Å². The molecule has 0 aromatic heterocycles. The summed E-state index contributed by atoms with van der Waals surface area (Å²) < 4.78 is 25.2. The number of rotatable bonds is 2. The van der Waals surface area contributed by atoms with E-state index >= 15 is 0 Å². The molecular weight excluding hydrogens is 245 g/mol. The van der Waals surface area contributed by atoms with Crippen LogP contribution in [0.1, 0.15) is 31.4 Å². The Kier molecular flexibility index (Phi) is 3.71. The molecule has 0 unspecified atom stereocenters. The second kappa shape index (κ2) is 5.47. The Balaban J connectivity index is 1.94. The van der Waals surface area contributed by atoms with Crippen molar-refractivity contribution in [3.8, 4) is 5.75 Å². The van der Waals surface area contributed by atoms with Crippen LogP contribution in [0, 0.1) is 5.82 Å². The van der Waals surface area contributed by atoms with E-state index in [0.29, 0.717) is 19.3 Å². The normalized spacial score (nSPS) is 27.1. The summed E-state index contributed by atoms with van der Waals surface area (Å²) >= 11 is 0. The summed E-state index contributed by atoms with van der Waals surface area (Å²) in [6.07, 6.45) is 2.00. The van der Waals surface area contributed by atoms with Crippen molar-refractivity contribution in [2.45, 2.75) is 31.9 Å². The van der Waals surface area contributed by atoms with Gasteiger partial charge in [0, 0.05) is 18.2 Å². The van der Waals surface area contributed by atoms with E-state index in [1.165, 1.54) is 6.07 Å². The molecule has 1 saturated heterocycles. The van der Waals surface area contributed by atoms with Gasteiger partial charge < -0.3 is 9.47 Å². The third kappa shape index (κ3) is 2.47. The van der Waals surface area contributed by atoms with E-state index in [2.05, 4.69) is 11.8 Å². The van der Waals surface area contributed by atoms with Crippen LogP contribution >= 0.6 is 0 Å². The van der Waals surface area contributed by atoms with Gasteiger partial charge in [-0.1, -0.05) is 6.92 Å². The standard InChI is InChI=1S/C15H20FNO2/c1-2-6-17-7-9-19-15-12-10-11(16)3-4-14(12)18-8-5-13(15)17/h3-4,10,13,15H,2,5-9H2,1H3/t13-,15-/m0/s1. The first-order chi connectivity index (χ1) is 9.29.